The number of H-pyrrole nitrogens is 2. The number of carbonyl (C=O) groups is 18. The predicted octanol–water partition coefficient (Wildman–Crippen LogP) is -3.45. The number of likely N-dealkylation sites (N-methyl/N-ethyl adjacent to an activating group) is 3. The number of carboxylic acid groups (broad SMARTS) is 1. The standard InChI is InChI=1S/C89H127N23O21S/c1-9-11-24-67-81(126)100-58(23-17-31-95-89(93)94)77(122)107-66(76(121)98-43-72(92)116)45-134-46-73(117)99-62(34-49-27-29-52(113)30-28-49)84(129)108(6)48(5)75(120)103-64(38-71(91)115)86(131)111-32-18-26-68(111)82(127)106-65(40-90)80(125)104-61(33-47(3)4)87(132)112-44-53(114)37-70(112)83(128)102-59(35-50-41-96-56-21-15-13-19-54(50)56)78(123)101-60(39-74(118)119)79(124)105-63(36-51-42-97-57-22-16-14-20-55(51)57)85(130)110(8)69(25-12-10-2)88(133)109(67)7/h13-16,19-22,27-30,41-42,47-48,53,58-70,96-97,113-114H,9-12,17-18,23-26,31-40,43-46,90H2,1-8H3,(H2,91,115)(H2,92,116)(H,98,121)(H,99,117)(H,100,126)(H,101,123)(H,102,128)(H,103,120)(H,104,125)(H,105,124)(H,106,127)(H,107,122)(H,118,119)(H4,93,94,95)/t48-,53+,58-,59-,60-,61-,62-,63-,64-,65-,66-,67-,68-,69-,70-/m0/s1. The van der Waals surface area contributed by atoms with E-state index in [1.807, 2.05) is 13.8 Å². The average Bonchev–Trinajstić information content (AvgIpc) is 1.57. The van der Waals surface area contributed by atoms with Gasteiger partial charge in [-0.25, -0.2) is 0 Å². The molecule has 0 bridgehead atoms. The number of benzene rings is 3. The number of aromatic hydroxyl groups is 1. The zero-order valence-electron chi connectivity index (χ0n) is 76.4. The number of aliphatic hydroxyl groups is 1. The van der Waals surface area contributed by atoms with Gasteiger partial charge < -0.3 is 131 Å². The van der Waals surface area contributed by atoms with Crippen LogP contribution < -0.4 is 81.4 Å². The quantitative estimate of drug-likeness (QED) is 0.0145. The maximum absolute atomic E-state index is 15.8. The van der Waals surface area contributed by atoms with E-state index in [4.69, 9.17) is 28.3 Å². The Balaban J connectivity index is 1.20. The number of nitrogens with one attached hydrogen (secondary N) is 14. The number of para-hydroxylation sites is 2. The third-order valence-corrected chi connectivity index (χ3v) is 24.8. The van der Waals surface area contributed by atoms with Gasteiger partial charge in [0.1, 0.15) is 90.3 Å². The Morgan fingerprint density at radius 3 is 1.66 bits per heavy atom. The molecule has 3 saturated heterocycles. The van der Waals surface area contributed by atoms with E-state index in [1.165, 1.54) is 52.3 Å². The van der Waals surface area contributed by atoms with E-state index in [0.717, 1.165) is 36.3 Å². The first kappa shape index (κ1) is 106. The van der Waals surface area contributed by atoms with E-state index in [1.54, 1.807) is 74.8 Å². The van der Waals surface area contributed by atoms with E-state index < -0.39 is 253 Å². The Morgan fingerprint density at radius 1 is 0.537 bits per heavy atom. The number of carboxylic acids is 1. The molecule has 0 aliphatic carbocycles. The highest BCUT2D eigenvalue weighted by molar-refractivity contribution is 8.00. The van der Waals surface area contributed by atoms with E-state index in [0.29, 0.717) is 64.2 Å². The highest BCUT2D eigenvalue weighted by atomic mass is 32.2. The molecule has 2 aromatic heterocycles. The number of nitrogens with two attached hydrogens (primary N) is 4. The number of amides is 17. The fourth-order valence-corrected chi connectivity index (χ4v) is 17.2. The first-order valence-corrected chi connectivity index (χ1v) is 45.9. The summed E-state index contributed by atoms with van der Waals surface area (Å²) in [4.78, 5) is 274. The van der Waals surface area contributed by atoms with Crippen LogP contribution in [-0.4, -0.2) is 318 Å². The molecule has 17 amide bonds. The maximum Gasteiger partial charge on any atom is 0.305 e. The van der Waals surface area contributed by atoms with Crippen LogP contribution in [0.2, 0.25) is 0 Å². The number of carbonyl (C=O) groups excluding carboxylic acids is 17. The number of unbranched alkanes of at least 4 members (excludes halogenated alkanes) is 2. The molecule has 3 aromatic carbocycles. The number of aliphatic carboxylic acids is 1. The highest BCUT2D eigenvalue weighted by Gasteiger charge is 2.47. The highest BCUT2D eigenvalue weighted by Crippen LogP contribution is 2.28. The molecule has 3 fully saturated rings. The summed E-state index contributed by atoms with van der Waals surface area (Å²) in [6.45, 7) is 6.33. The van der Waals surface area contributed by atoms with Crippen molar-refractivity contribution in [2.24, 2.45) is 28.9 Å². The molecule has 0 radical (unpaired) electrons. The van der Waals surface area contributed by atoms with Crippen molar-refractivity contribution in [1.82, 2.24) is 93.0 Å². The van der Waals surface area contributed by atoms with Crippen molar-refractivity contribution >= 4 is 146 Å². The van der Waals surface area contributed by atoms with Crippen LogP contribution in [0.15, 0.2) is 85.2 Å². The van der Waals surface area contributed by atoms with Crippen LogP contribution in [0.5, 0.6) is 5.75 Å². The Morgan fingerprint density at radius 2 is 1.06 bits per heavy atom. The number of phenols is 1. The number of nitrogens with zero attached hydrogens (tertiary/aromatic N) is 5. The summed E-state index contributed by atoms with van der Waals surface area (Å²) in [5.74, 6) is -20.4. The van der Waals surface area contributed by atoms with E-state index in [9.17, 15) is 68.1 Å². The van der Waals surface area contributed by atoms with E-state index in [2.05, 4.69) is 68.5 Å². The van der Waals surface area contributed by atoms with Crippen molar-refractivity contribution in [1.29, 1.82) is 5.41 Å². The first-order chi connectivity index (χ1) is 63.6. The molecule has 25 N–H and O–H groups in total. The van der Waals surface area contributed by atoms with Crippen LogP contribution in [0.3, 0.4) is 0 Å². The number of fused-ring (bicyclic) bond motifs is 4. The molecule has 3 aliphatic heterocycles. The SMILES string of the molecule is CCCC[C@H]1C(=O)N(C)[C@@H](CCCC)C(=O)N[C@@H](CCCNC(=N)N)C(=O)N[C@H](C(=O)NCC(N)=O)CSCC(=O)N[C@@H](Cc2ccc(O)cc2)C(=O)N(C)[C@@H](C)C(=O)N[C@@H](CC(N)=O)C(=O)N2CCC[C@H]2C(=O)N[C@@H](CN)C(=O)N[C@@H](CC(C)C)C(=O)N2C[C@H](O)C[C@H]2C(=O)N[C@@H](Cc2c[nH]c3ccccc23)C(=O)N[C@@H](CC(=O)O)C(=O)N[C@@H](Cc2c[nH]c3ccccc23)C(=O)N1C. The fraction of sp³-hybridized carbons (Fsp3) is 0.539. The number of rotatable bonds is 26. The summed E-state index contributed by atoms with van der Waals surface area (Å²) in [7, 11) is 3.82. The van der Waals surface area contributed by atoms with Crippen molar-refractivity contribution in [2.75, 3.05) is 65.4 Å². The molecule has 0 unspecified atom stereocenters. The lowest BCUT2D eigenvalue weighted by Crippen LogP contribution is -2.62. The first-order valence-electron chi connectivity index (χ1n) is 44.7. The molecule has 5 aromatic rings. The van der Waals surface area contributed by atoms with Gasteiger partial charge in [0.2, 0.25) is 100 Å². The van der Waals surface area contributed by atoms with Gasteiger partial charge in [0.05, 0.1) is 31.2 Å². The van der Waals surface area contributed by atoms with Gasteiger partial charge in [0, 0.05) is 113 Å². The van der Waals surface area contributed by atoms with Gasteiger partial charge in [-0.3, -0.25) is 91.7 Å². The molecule has 45 heteroatoms. The molecule has 730 valence electrons. The number of aromatic amines is 2. The molecular weight excluding hydrogens is 1760 g/mol. The van der Waals surface area contributed by atoms with Crippen LogP contribution in [0.25, 0.3) is 21.8 Å². The summed E-state index contributed by atoms with van der Waals surface area (Å²) < 4.78 is 0. The second-order valence-corrected chi connectivity index (χ2v) is 35.4. The summed E-state index contributed by atoms with van der Waals surface area (Å²) in [6, 6.07) is -3.15. The van der Waals surface area contributed by atoms with Crippen molar-refractivity contribution in [3.8, 4) is 5.75 Å². The number of primary amides is 2. The smallest absolute Gasteiger partial charge is 0.305 e. The number of phenolic OH excluding ortho intramolecular Hbond substituents is 1. The summed E-state index contributed by atoms with van der Waals surface area (Å²) in [5.41, 5.74) is 25.4. The number of hydrogen-bond donors (Lipinski definition) is 21. The molecule has 0 spiro atoms. The number of hydrogen-bond acceptors (Lipinski definition) is 23. The van der Waals surface area contributed by atoms with Crippen LogP contribution in [-0.2, 0) is 106 Å². The third kappa shape index (κ3) is 29.8. The van der Waals surface area contributed by atoms with Gasteiger partial charge in [-0.2, -0.15) is 0 Å². The van der Waals surface area contributed by atoms with E-state index >= 15 is 33.6 Å². The average molecular weight is 1890 g/mol. The number of guanidine groups is 1. The van der Waals surface area contributed by atoms with Gasteiger partial charge in [-0.05, 0) is 98.7 Å². The molecular formula is C89H127N23O21S. The second-order valence-electron chi connectivity index (χ2n) is 34.3. The molecule has 8 rings (SSSR count). The summed E-state index contributed by atoms with van der Waals surface area (Å²) in [6.07, 6.45) is -0.422. The van der Waals surface area contributed by atoms with Crippen LogP contribution in [0.4, 0.5) is 0 Å². The number of aromatic nitrogens is 2. The zero-order valence-corrected chi connectivity index (χ0v) is 77.3. The van der Waals surface area contributed by atoms with Gasteiger partial charge in [0.15, 0.2) is 5.96 Å². The minimum atomic E-state index is -2.05. The minimum Gasteiger partial charge on any atom is -0.508 e. The lowest BCUT2D eigenvalue weighted by molar-refractivity contribution is -0.149. The molecule has 15 atom stereocenters. The number of thioether (sulfide) groups is 1. The van der Waals surface area contributed by atoms with Crippen LogP contribution in [0, 0.1) is 11.3 Å². The van der Waals surface area contributed by atoms with Gasteiger partial charge in [-0.1, -0.05) is 102 Å². The lowest BCUT2D eigenvalue weighted by Gasteiger charge is -2.36. The molecule has 5 heterocycles. The van der Waals surface area contributed by atoms with Crippen molar-refractivity contribution < 1.29 is 102 Å². The van der Waals surface area contributed by atoms with Crippen molar-refractivity contribution in [2.45, 2.75) is 234 Å². The second kappa shape index (κ2) is 50.4. The Hall–Kier alpha value is -13.5. The Labute approximate surface area is 778 Å². The van der Waals surface area contributed by atoms with Crippen LogP contribution in [0.1, 0.15) is 141 Å². The summed E-state index contributed by atoms with van der Waals surface area (Å²) in [5, 5.41) is 69.6. The number of aliphatic hydroxyl groups excluding tert-OH is 1. The molecule has 134 heavy (non-hydrogen) atoms. The largest absolute Gasteiger partial charge is 0.508 e. The van der Waals surface area contributed by atoms with Crippen molar-refractivity contribution in [3.05, 3.63) is 102 Å². The van der Waals surface area contributed by atoms with E-state index in [-0.39, 0.29) is 89.0 Å². The van der Waals surface area contributed by atoms with Gasteiger partial charge in [0.25, 0.3) is 0 Å². The zero-order chi connectivity index (χ0) is 98.5. The Bertz CT molecular complexity index is 5070. The van der Waals surface area contributed by atoms with Crippen LogP contribution >= 0.6 is 11.8 Å². The Kier molecular flexibility index (Phi) is 39.8. The van der Waals surface area contributed by atoms with Gasteiger partial charge in [-0.15, -0.1) is 11.8 Å². The third-order valence-electron chi connectivity index (χ3n) is 23.8. The van der Waals surface area contributed by atoms with Crippen molar-refractivity contribution in [3.63, 3.8) is 0 Å². The molecule has 0 saturated carbocycles. The summed E-state index contributed by atoms with van der Waals surface area (Å²) >= 11 is 0.748. The van der Waals surface area contributed by atoms with Gasteiger partial charge >= 0.3 is 5.97 Å². The molecule has 44 nitrogen and oxygen atoms in total. The predicted molar refractivity (Wildman–Crippen MR) is 492 cm³/mol. The minimum absolute atomic E-state index is 0.0179. The maximum atomic E-state index is 15.8. The normalized spacial score (nSPS) is 24.8. The monoisotopic (exact) mass is 1890 g/mol. The molecule has 3 aliphatic rings. The lowest BCUT2D eigenvalue weighted by atomic mass is 9.99. The fourth-order valence-electron chi connectivity index (χ4n) is 16.4. The topological polar surface area (TPSA) is 676 Å².